The van der Waals surface area contributed by atoms with E-state index in [0.29, 0.717) is 6.42 Å². The third kappa shape index (κ3) is 3.86. The fourth-order valence-corrected chi connectivity index (χ4v) is 2.18. The predicted octanol–water partition coefficient (Wildman–Crippen LogP) is 3.33. The number of nitrogens with two attached hydrogens (primary N) is 1. The van der Waals surface area contributed by atoms with Crippen LogP contribution >= 0.6 is 0 Å². The lowest BCUT2D eigenvalue weighted by molar-refractivity contribution is 0.0979. The summed E-state index contributed by atoms with van der Waals surface area (Å²) in [6.45, 7) is 0.742. The Morgan fingerprint density at radius 1 is 1.11 bits per heavy atom. The van der Waals surface area contributed by atoms with Crippen LogP contribution in [-0.4, -0.2) is 17.3 Å². The van der Waals surface area contributed by atoms with Crippen molar-refractivity contribution in [2.75, 3.05) is 6.54 Å². The van der Waals surface area contributed by atoms with Crippen LogP contribution in [0.15, 0.2) is 36.5 Å². The maximum Gasteiger partial charge on any atom is 0.162 e. The third-order valence-electron chi connectivity index (χ3n) is 3.28. The number of unbranched alkanes of at least 4 members (excludes halogenated alkanes) is 3. The van der Waals surface area contributed by atoms with E-state index >= 15 is 0 Å². The molecule has 1 aromatic carbocycles. The van der Waals surface area contributed by atoms with Gasteiger partial charge in [-0.1, -0.05) is 18.9 Å². The molecule has 1 heterocycles. The van der Waals surface area contributed by atoms with Crippen molar-refractivity contribution in [3.63, 3.8) is 0 Å². The topological polar surface area (TPSA) is 56.0 Å². The van der Waals surface area contributed by atoms with Crippen LogP contribution in [0.1, 0.15) is 42.5 Å². The first-order valence-electron chi connectivity index (χ1n) is 6.89. The second kappa shape index (κ2) is 7.00. The molecule has 0 aliphatic rings. The van der Waals surface area contributed by atoms with E-state index in [-0.39, 0.29) is 5.78 Å². The lowest BCUT2D eigenvalue weighted by atomic mass is 10.0. The molecule has 0 unspecified atom stereocenters. The molecule has 100 valence electrons. The van der Waals surface area contributed by atoms with Gasteiger partial charge < -0.3 is 5.73 Å². The Labute approximate surface area is 113 Å². The molecule has 3 nitrogen and oxygen atoms in total. The molecule has 0 aliphatic carbocycles. The van der Waals surface area contributed by atoms with Gasteiger partial charge in [0, 0.05) is 23.6 Å². The molecule has 2 rings (SSSR count). The first kappa shape index (κ1) is 13.7. The number of nitrogens with zero attached hydrogens (tertiary/aromatic N) is 1. The van der Waals surface area contributed by atoms with Crippen LogP contribution in [-0.2, 0) is 0 Å². The Bertz CT molecular complexity index is 551. The van der Waals surface area contributed by atoms with Crippen LogP contribution in [0, 0.1) is 0 Å². The Hall–Kier alpha value is -1.74. The molecule has 1 aromatic heterocycles. The van der Waals surface area contributed by atoms with Gasteiger partial charge in [0.1, 0.15) is 0 Å². The molecule has 2 N–H and O–H groups in total. The molecule has 0 saturated heterocycles. The number of pyridine rings is 1. The molecule has 0 bridgehead atoms. The average Bonchev–Trinajstić information content (AvgIpc) is 2.46. The Morgan fingerprint density at radius 3 is 2.79 bits per heavy atom. The van der Waals surface area contributed by atoms with Gasteiger partial charge >= 0.3 is 0 Å². The van der Waals surface area contributed by atoms with Crippen LogP contribution in [0.25, 0.3) is 10.9 Å². The van der Waals surface area contributed by atoms with E-state index in [4.69, 9.17) is 5.73 Å². The maximum absolute atomic E-state index is 12.1. The Morgan fingerprint density at radius 2 is 1.95 bits per heavy atom. The number of aromatic nitrogens is 1. The number of hydrogen-bond donors (Lipinski definition) is 1. The van der Waals surface area contributed by atoms with Crippen LogP contribution in [0.2, 0.25) is 0 Å². The minimum Gasteiger partial charge on any atom is -0.330 e. The van der Waals surface area contributed by atoms with Crippen LogP contribution in [0.5, 0.6) is 0 Å². The number of rotatable bonds is 7. The molecule has 0 saturated carbocycles. The van der Waals surface area contributed by atoms with Gasteiger partial charge in [-0.05, 0) is 43.7 Å². The van der Waals surface area contributed by atoms with Gasteiger partial charge in [0.2, 0.25) is 0 Å². The second-order valence-electron chi connectivity index (χ2n) is 4.79. The van der Waals surface area contributed by atoms with E-state index in [2.05, 4.69) is 4.98 Å². The van der Waals surface area contributed by atoms with Gasteiger partial charge in [-0.15, -0.1) is 0 Å². The van der Waals surface area contributed by atoms with Gasteiger partial charge in [0.05, 0.1) is 5.52 Å². The van der Waals surface area contributed by atoms with Crippen molar-refractivity contribution in [2.45, 2.75) is 32.1 Å². The van der Waals surface area contributed by atoms with Crippen molar-refractivity contribution in [2.24, 2.45) is 5.73 Å². The number of hydrogen-bond acceptors (Lipinski definition) is 3. The van der Waals surface area contributed by atoms with E-state index in [1.54, 1.807) is 6.20 Å². The summed E-state index contributed by atoms with van der Waals surface area (Å²) in [5, 5.41) is 1.02. The zero-order valence-electron chi connectivity index (χ0n) is 11.1. The molecule has 2 aromatic rings. The summed E-state index contributed by atoms with van der Waals surface area (Å²) in [4.78, 5) is 16.3. The van der Waals surface area contributed by atoms with Crippen LogP contribution < -0.4 is 5.73 Å². The number of ketones is 1. The standard InChI is InChI=1S/C16H20N2O/c17-10-4-2-1-3-7-16(19)14-8-9-15-13(12-14)6-5-11-18-15/h5-6,8-9,11-12H,1-4,7,10,17H2. The molecular formula is C16H20N2O. The van der Waals surface area contributed by atoms with E-state index in [1.165, 1.54) is 0 Å². The van der Waals surface area contributed by atoms with E-state index in [9.17, 15) is 4.79 Å². The highest BCUT2D eigenvalue weighted by Gasteiger charge is 2.06. The molecule has 3 heteroatoms. The first-order chi connectivity index (χ1) is 9.31. The smallest absolute Gasteiger partial charge is 0.162 e. The normalized spacial score (nSPS) is 10.8. The molecule has 0 amide bonds. The number of Topliss-reactive ketones (excluding diaryl/α,β-unsaturated/α-hetero) is 1. The average molecular weight is 256 g/mol. The quantitative estimate of drug-likeness (QED) is 0.610. The zero-order valence-corrected chi connectivity index (χ0v) is 11.1. The fourth-order valence-electron chi connectivity index (χ4n) is 2.18. The number of carbonyl (C=O) groups excluding carboxylic acids is 1. The Kier molecular flexibility index (Phi) is 5.04. The third-order valence-corrected chi connectivity index (χ3v) is 3.28. The van der Waals surface area contributed by atoms with E-state index in [1.807, 2.05) is 30.3 Å². The molecule has 0 radical (unpaired) electrons. The summed E-state index contributed by atoms with van der Waals surface area (Å²) < 4.78 is 0. The number of benzene rings is 1. The van der Waals surface area contributed by atoms with E-state index in [0.717, 1.165) is 48.7 Å². The highest BCUT2D eigenvalue weighted by atomic mass is 16.1. The predicted molar refractivity (Wildman–Crippen MR) is 78.2 cm³/mol. The van der Waals surface area contributed by atoms with Crippen molar-refractivity contribution in [1.82, 2.24) is 4.98 Å². The molecule has 0 spiro atoms. The van der Waals surface area contributed by atoms with Crippen molar-refractivity contribution >= 4 is 16.7 Å². The molecule has 0 fully saturated rings. The lowest BCUT2D eigenvalue weighted by Gasteiger charge is -2.03. The number of fused-ring (bicyclic) bond motifs is 1. The summed E-state index contributed by atoms with van der Waals surface area (Å²) in [5.41, 5.74) is 7.17. The zero-order chi connectivity index (χ0) is 13.5. The van der Waals surface area contributed by atoms with Crippen LogP contribution in [0.4, 0.5) is 0 Å². The molecular weight excluding hydrogens is 236 g/mol. The largest absolute Gasteiger partial charge is 0.330 e. The van der Waals surface area contributed by atoms with Crippen molar-refractivity contribution in [1.29, 1.82) is 0 Å². The number of carbonyl (C=O) groups is 1. The highest BCUT2D eigenvalue weighted by Crippen LogP contribution is 2.16. The highest BCUT2D eigenvalue weighted by molar-refractivity contribution is 5.99. The lowest BCUT2D eigenvalue weighted by Crippen LogP contribution is -2.00. The Balaban J connectivity index is 1.93. The summed E-state index contributed by atoms with van der Waals surface area (Å²) in [6.07, 6.45) is 6.58. The molecule has 0 aliphatic heterocycles. The minimum atomic E-state index is 0.221. The second-order valence-corrected chi connectivity index (χ2v) is 4.79. The van der Waals surface area contributed by atoms with Gasteiger partial charge in [0.15, 0.2) is 5.78 Å². The molecule has 0 atom stereocenters. The molecule has 19 heavy (non-hydrogen) atoms. The van der Waals surface area contributed by atoms with E-state index < -0.39 is 0 Å². The fraction of sp³-hybridized carbons (Fsp3) is 0.375. The first-order valence-corrected chi connectivity index (χ1v) is 6.89. The van der Waals surface area contributed by atoms with Gasteiger partial charge in [0.25, 0.3) is 0 Å². The van der Waals surface area contributed by atoms with Gasteiger partial charge in [-0.2, -0.15) is 0 Å². The monoisotopic (exact) mass is 256 g/mol. The van der Waals surface area contributed by atoms with Gasteiger partial charge in [-0.25, -0.2) is 0 Å². The summed E-state index contributed by atoms with van der Waals surface area (Å²) in [7, 11) is 0. The summed E-state index contributed by atoms with van der Waals surface area (Å²) >= 11 is 0. The maximum atomic E-state index is 12.1. The van der Waals surface area contributed by atoms with Crippen molar-refractivity contribution in [3.8, 4) is 0 Å². The van der Waals surface area contributed by atoms with Crippen molar-refractivity contribution in [3.05, 3.63) is 42.1 Å². The summed E-state index contributed by atoms with van der Waals surface area (Å²) in [5.74, 6) is 0.221. The SMILES string of the molecule is NCCCCCCC(=O)c1ccc2ncccc2c1. The van der Waals surface area contributed by atoms with Crippen LogP contribution in [0.3, 0.4) is 0 Å². The summed E-state index contributed by atoms with van der Waals surface area (Å²) in [6, 6.07) is 9.60. The van der Waals surface area contributed by atoms with Gasteiger partial charge in [-0.3, -0.25) is 9.78 Å². The minimum absolute atomic E-state index is 0.221. The van der Waals surface area contributed by atoms with Crippen molar-refractivity contribution < 1.29 is 4.79 Å².